The Morgan fingerprint density at radius 1 is 0.960 bits per heavy atom. The van der Waals surface area contributed by atoms with Crippen molar-refractivity contribution in [2.75, 3.05) is 6.79 Å². The van der Waals surface area contributed by atoms with Crippen LogP contribution in [0.1, 0.15) is 84.5 Å². The van der Waals surface area contributed by atoms with Gasteiger partial charge in [0.25, 0.3) is 0 Å². The first-order valence-electron chi connectivity index (χ1n) is 10.0. The predicted octanol–water partition coefficient (Wildman–Crippen LogP) is 4.37. The summed E-state index contributed by atoms with van der Waals surface area (Å²) in [7, 11) is 0. The number of esters is 2. The maximum atomic E-state index is 12.2. The van der Waals surface area contributed by atoms with Crippen LogP contribution >= 0.6 is 0 Å². The zero-order valence-electron chi connectivity index (χ0n) is 15.8. The molecule has 2 atom stereocenters. The van der Waals surface area contributed by atoms with E-state index in [1.54, 1.807) is 0 Å². The summed E-state index contributed by atoms with van der Waals surface area (Å²) in [6.07, 6.45) is 10.3. The van der Waals surface area contributed by atoms with Gasteiger partial charge in [-0.2, -0.15) is 0 Å². The van der Waals surface area contributed by atoms with E-state index in [4.69, 9.17) is 14.2 Å². The first kappa shape index (κ1) is 20.2. The minimum Gasteiger partial charge on any atom is -0.462 e. The van der Waals surface area contributed by atoms with Crippen molar-refractivity contribution in [2.45, 2.75) is 96.7 Å². The average molecular weight is 354 g/mol. The van der Waals surface area contributed by atoms with Gasteiger partial charge < -0.3 is 14.2 Å². The molecule has 144 valence electrons. The molecule has 2 aliphatic rings. The number of hydrogen-bond donors (Lipinski definition) is 0. The summed E-state index contributed by atoms with van der Waals surface area (Å²) in [5.74, 6) is -0.0375. The molecular formula is C20H34O5. The van der Waals surface area contributed by atoms with E-state index < -0.39 is 0 Å². The molecule has 2 rings (SSSR count). The topological polar surface area (TPSA) is 61.8 Å². The van der Waals surface area contributed by atoms with Crippen LogP contribution in [-0.2, 0) is 23.8 Å². The molecule has 5 heteroatoms. The van der Waals surface area contributed by atoms with Gasteiger partial charge in [-0.05, 0) is 50.9 Å². The van der Waals surface area contributed by atoms with Crippen LogP contribution in [0.2, 0.25) is 0 Å². The highest BCUT2D eigenvalue weighted by Gasteiger charge is 2.30. The molecule has 0 bridgehead atoms. The molecule has 0 aromatic heterocycles. The molecule has 5 nitrogen and oxygen atoms in total. The van der Waals surface area contributed by atoms with Gasteiger partial charge in [0.05, 0.1) is 12.0 Å². The standard InChI is InChI=1S/C20H34O5/c1-15(2)11-12-19(21)25-18-10-6-7-16(13-18)20(22)24-14-23-17-8-4-3-5-9-17/h15-18H,3-14H2,1-2H3. The molecule has 0 aromatic rings. The minimum absolute atomic E-state index is 0.0544. The molecule has 0 amide bonds. The molecule has 2 unspecified atom stereocenters. The van der Waals surface area contributed by atoms with Crippen molar-refractivity contribution in [3.63, 3.8) is 0 Å². The molecule has 0 aromatic carbocycles. The molecular weight excluding hydrogens is 320 g/mol. The monoisotopic (exact) mass is 354 g/mol. The molecule has 0 heterocycles. The molecule has 0 aliphatic heterocycles. The highest BCUT2D eigenvalue weighted by molar-refractivity contribution is 5.73. The van der Waals surface area contributed by atoms with Gasteiger partial charge >= 0.3 is 11.9 Å². The second-order valence-corrected chi connectivity index (χ2v) is 7.92. The van der Waals surface area contributed by atoms with Crippen LogP contribution in [-0.4, -0.2) is 30.9 Å². The van der Waals surface area contributed by atoms with E-state index in [2.05, 4.69) is 13.8 Å². The first-order chi connectivity index (χ1) is 12.0. The predicted molar refractivity (Wildman–Crippen MR) is 94.8 cm³/mol. The van der Waals surface area contributed by atoms with Crippen molar-refractivity contribution in [3.05, 3.63) is 0 Å². The van der Waals surface area contributed by atoms with Crippen LogP contribution < -0.4 is 0 Å². The summed E-state index contributed by atoms with van der Waals surface area (Å²) >= 11 is 0. The van der Waals surface area contributed by atoms with Crippen molar-refractivity contribution < 1.29 is 23.8 Å². The Balaban J connectivity index is 1.65. The number of carbonyl (C=O) groups excluding carboxylic acids is 2. The van der Waals surface area contributed by atoms with E-state index >= 15 is 0 Å². The Labute approximate surface area is 151 Å². The Hall–Kier alpha value is -1.10. The van der Waals surface area contributed by atoms with E-state index in [0.717, 1.165) is 38.5 Å². The number of hydrogen-bond acceptors (Lipinski definition) is 5. The SMILES string of the molecule is CC(C)CCC(=O)OC1CCCC(C(=O)OCOC2CCCCC2)C1. The normalized spacial score (nSPS) is 24.9. The van der Waals surface area contributed by atoms with Gasteiger partial charge in [-0.1, -0.05) is 33.1 Å². The van der Waals surface area contributed by atoms with Crippen LogP contribution in [0.3, 0.4) is 0 Å². The summed E-state index contributed by atoms with van der Waals surface area (Å²) in [5.41, 5.74) is 0. The number of ether oxygens (including phenoxy) is 3. The lowest BCUT2D eigenvalue weighted by molar-refractivity contribution is -0.171. The Morgan fingerprint density at radius 3 is 2.40 bits per heavy atom. The fourth-order valence-electron chi connectivity index (χ4n) is 3.66. The van der Waals surface area contributed by atoms with Gasteiger partial charge in [0.1, 0.15) is 6.10 Å². The maximum absolute atomic E-state index is 12.2. The summed E-state index contributed by atoms with van der Waals surface area (Å²) in [4.78, 5) is 24.1. The highest BCUT2D eigenvalue weighted by Crippen LogP contribution is 2.28. The van der Waals surface area contributed by atoms with E-state index in [0.29, 0.717) is 18.8 Å². The fourth-order valence-corrected chi connectivity index (χ4v) is 3.66. The molecule has 0 spiro atoms. The third-order valence-corrected chi connectivity index (χ3v) is 5.24. The van der Waals surface area contributed by atoms with E-state index in [-0.39, 0.29) is 36.9 Å². The Kier molecular flexibility index (Phi) is 8.73. The van der Waals surface area contributed by atoms with Gasteiger partial charge in [-0.15, -0.1) is 0 Å². The molecule has 0 saturated heterocycles. The summed E-state index contributed by atoms with van der Waals surface area (Å²) in [6, 6.07) is 0. The van der Waals surface area contributed by atoms with Gasteiger partial charge in [-0.25, -0.2) is 0 Å². The summed E-state index contributed by atoms with van der Waals surface area (Å²) in [6.45, 7) is 4.24. The van der Waals surface area contributed by atoms with E-state index in [9.17, 15) is 9.59 Å². The minimum atomic E-state index is -0.210. The van der Waals surface area contributed by atoms with Crippen LogP contribution in [0, 0.1) is 11.8 Å². The maximum Gasteiger partial charge on any atom is 0.311 e. The molecule has 2 aliphatic carbocycles. The zero-order valence-corrected chi connectivity index (χ0v) is 15.8. The first-order valence-corrected chi connectivity index (χ1v) is 10.0. The van der Waals surface area contributed by atoms with Gasteiger partial charge in [0.15, 0.2) is 6.79 Å². The number of rotatable bonds is 8. The largest absolute Gasteiger partial charge is 0.462 e. The van der Waals surface area contributed by atoms with Crippen LogP contribution in [0.15, 0.2) is 0 Å². The fraction of sp³-hybridized carbons (Fsp3) is 0.900. The lowest BCUT2D eigenvalue weighted by Crippen LogP contribution is -2.31. The van der Waals surface area contributed by atoms with Crippen LogP contribution in [0.5, 0.6) is 0 Å². The van der Waals surface area contributed by atoms with Crippen LogP contribution in [0.25, 0.3) is 0 Å². The second kappa shape index (κ2) is 10.8. The summed E-state index contributed by atoms with van der Waals surface area (Å²) < 4.78 is 16.5. The van der Waals surface area contributed by atoms with Crippen molar-refractivity contribution in [1.29, 1.82) is 0 Å². The van der Waals surface area contributed by atoms with Crippen LogP contribution in [0.4, 0.5) is 0 Å². The smallest absolute Gasteiger partial charge is 0.311 e. The third-order valence-electron chi connectivity index (χ3n) is 5.24. The molecule has 2 saturated carbocycles. The highest BCUT2D eigenvalue weighted by atomic mass is 16.7. The van der Waals surface area contributed by atoms with Crippen molar-refractivity contribution in [3.8, 4) is 0 Å². The third kappa shape index (κ3) is 7.76. The quantitative estimate of drug-likeness (QED) is 0.478. The van der Waals surface area contributed by atoms with Crippen molar-refractivity contribution in [1.82, 2.24) is 0 Å². The van der Waals surface area contributed by atoms with Crippen molar-refractivity contribution >= 4 is 11.9 Å². The second-order valence-electron chi connectivity index (χ2n) is 7.92. The average Bonchev–Trinajstić information content (AvgIpc) is 2.61. The summed E-state index contributed by atoms with van der Waals surface area (Å²) in [5, 5.41) is 0. The number of carbonyl (C=O) groups is 2. The lowest BCUT2D eigenvalue weighted by atomic mass is 9.87. The van der Waals surface area contributed by atoms with E-state index in [1.807, 2.05) is 0 Å². The Bertz CT molecular complexity index is 414. The van der Waals surface area contributed by atoms with Gasteiger partial charge in [-0.3, -0.25) is 9.59 Å². The molecule has 25 heavy (non-hydrogen) atoms. The Morgan fingerprint density at radius 2 is 1.68 bits per heavy atom. The van der Waals surface area contributed by atoms with Gasteiger partial charge in [0.2, 0.25) is 0 Å². The molecule has 0 radical (unpaired) electrons. The van der Waals surface area contributed by atoms with Crippen molar-refractivity contribution in [2.24, 2.45) is 11.8 Å². The molecule has 2 fully saturated rings. The van der Waals surface area contributed by atoms with E-state index in [1.165, 1.54) is 19.3 Å². The zero-order chi connectivity index (χ0) is 18.1. The molecule has 0 N–H and O–H groups in total. The lowest BCUT2D eigenvalue weighted by Gasteiger charge is -2.28. The van der Waals surface area contributed by atoms with Gasteiger partial charge in [0, 0.05) is 6.42 Å².